The topological polar surface area (TPSA) is 50.3 Å². The molecular weight excluding hydrogens is 483 g/mol. The van der Waals surface area contributed by atoms with E-state index in [1.165, 1.54) is 6.07 Å². The minimum absolute atomic E-state index is 0.170. The van der Waals surface area contributed by atoms with Gasteiger partial charge in [-0.3, -0.25) is 0 Å². The third-order valence-electron chi connectivity index (χ3n) is 5.30. The second kappa shape index (κ2) is 8.67. The van der Waals surface area contributed by atoms with Gasteiger partial charge in [0.25, 0.3) is 0 Å². The van der Waals surface area contributed by atoms with Crippen LogP contribution in [0.3, 0.4) is 0 Å². The highest BCUT2D eigenvalue weighted by Gasteiger charge is 2.33. The molecule has 0 N–H and O–H groups in total. The van der Waals surface area contributed by atoms with E-state index in [0.29, 0.717) is 41.5 Å². The second-order valence-electron chi connectivity index (χ2n) is 7.29. The van der Waals surface area contributed by atoms with E-state index in [-0.39, 0.29) is 9.92 Å². The molecule has 0 atom stereocenters. The number of aryl methyl sites for hydroxylation is 1. The van der Waals surface area contributed by atoms with Crippen molar-refractivity contribution >= 4 is 61.1 Å². The molecule has 2 heterocycles. The molecule has 1 fully saturated rings. The molecule has 1 aliphatic heterocycles. The lowest BCUT2D eigenvalue weighted by Gasteiger charge is -2.31. The van der Waals surface area contributed by atoms with Crippen molar-refractivity contribution in [2.45, 2.75) is 29.9 Å². The van der Waals surface area contributed by atoms with Crippen LogP contribution < -0.4 is 4.90 Å². The normalized spacial score (nSPS) is 15.5. The monoisotopic (exact) mass is 500 g/mol. The number of nitrogens with zero attached hydrogens (tertiary/aromatic N) is 2. The molecule has 0 amide bonds. The van der Waals surface area contributed by atoms with Gasteiger partial charge >= 0.3 is 0 Å². The van der Waals surface area contributed by atoms with E-state index in [4.69, 9.17) is 39.8 Å². The number of anilines is 1. The van der Waals surface area contributed by atoms with Gasteiger partial charge in [0.15, 0.2) is 15.0 Å². The number of aromatic nitrogens is 1. The average Bonchev–Trinajstić information content (AvgIpc) is 3.21. The third-order valence-corrected chi connectivity index (χ3v) is 9.59. The van der Waals surface area contributed by atoms with Crippen LogP contribution in [0.1, 0.15) is 18.4 Å². The summed E-state index contributed by atoms with van der Waals surface area (Å²) < 4.78 is 26.3. The van der Waals surface area contributed by atoms with E-state index in [1.807, 2.05) is 29.6 Å². The van der Waals surface area contributed by atoms with Crippen molar-refractivity contribution in [3.8, 4) is 11.3 Å². The molecule has 2 aromatic carbocycles. The van der Waals surface area contributed by atoms with Crippen LogP contribution in [0.15, 0.2) is 46.7 Å². The van der Waals surface area contributed by atoms with Gasteiger partial charge in [-0.1, -0.05) is 46.9 Å². The van der Waals surface area contributed by atoms with Gasteiger partial charge in [-0.15, -0.1) is 11.3 Å². The van der Waals surface area contributed by atoms with E-state index in [1.54, 1.807) is 24.3 Å². The van der Waals surface area contributed by atoms with Gasteiger partial charge in [-0.25, -0.2) is 13.4 Å². The smallest absolute Gasteiger partial charge is 0.185 e. The molecule has 0 aliphatic carbocycles. The van der Waals surface area contributed by atoms with E-state index < -0.39 is 15.1 Å². The van der Waals surface area contributed by atoms with Gasteiger partial charge < -0.3 is 4.90 Å². The lowest BCUT2D eigenvalue weighted by atomic mass is 10.1. The summed E-state index contributed by atoms with van der Waals surface area (Å²) in [5, 5.41) is 3.78. The standard InChI is InChI=1S/C21H19Cl3N2O2S2/c1-13-10-20(18(24)11-17(13)23)30(27,28)16-6-8-26(9-7-16)21-25-19(12-29-21)14-2-4-15(22)5-3-14/h2-5,10-12,16H,6-9H2,1H3. The Balaban J connectivity index is 1.48. The molecule has 3 aromatic rings. The summed E-state index contributed by atoms with van der Waals surface area (Å²) >= 11 is 19.8. The Morgan fingerprint density at radius 1 is 1.03 bits per heavy atom. The van der Waals surface area contributed by atoms with Gasteiger partial charge in [0, 0.05) is 34.1 Å². The first-order valence-electron chi connectivity index (χ1n) is 9.41. The highest BCUT2D eigenvalue weighted by molar-refractivity contribution is 7.92. The van der Waals surface area contributed by atoms with Crippen LogP contribution in [0.25, 0.3) is 11.3 Å². The molecule has 30 heavy (non-hydrogen) atoms. The molecule has 0 radical (unpaired) electrons. The Bertz CT molecular complexity index is 1170. The Morgan fingerprint density at radius 3 is 2.37 bits per heavy atom. The fraction of sp³-hybridized carbons (Fsp3) is 0.286. The average molecular weight is 502 g/mol. The van der Waals surface area contributed by atoms with Crippen LogP contribution in [0.5, 0.6) is 0 Å². The number of sulfone groups is 1. The molecule has 9 heteroatoms. The molecule has 1 aromatic heterocycles. The van der Waals surface area contributed by atoms with Gasteiger partial charge in [-0.2, -0.15) is 0 Å². The van der Waals surface area contributed by atoms with Crippen molar-refractivity contribution in [1.29, 1.82) is 0 Å². The van der Waals surface area contributed by atoms with Crippen LogP contribution in [-0.2, 0) is 9.84 Å². The summed E-state index contributed by atoms with van der Waals surface area (Å²) in [5.74, 6) is 0. The highest BCUT2D eigenvalue weighted by atomic mass is 35.5. The zero-order chi connectivity index (χ0) is 21.5. The third kappa shape index (κ3) is 4.34. The molecule has 0 bridgehead atoms. The van der Waals surface area contributed by atoms with Crippen molar-refractivity contribution in [3.63, 3.8) is 0 Å². The SMILES string of the molecule is Cc1cc(S(=O)(=O)C2CCN(c3nc(-c4ccc(Cl)cc4)cs3)CC2)c(Cl)cc1Cl. The Hall–Kier alpha value is -1.31. The number of piperidine rings is 1. The maximum absolute atomic E-state index is 13.2. The second-order valence-corrected chi connectivity index (χ2v) is 11.6. The molecule has 158 valence electrons. The van der Waals surface area contributed by atoms with Crippen LogP contribution >= 0.6 is 46.1 Å². The van der Waals surface area contributed by atoms with Crippen molar-refractivity contribution in [3.05, 3.63) is 62.4 Å². The first-order valence-corrected chi connectivity index (χ1v) is 13.0. The Kier molecular flexibility index (Phi) is 6.33. The van der Waals surface area contributed by atoms with Gasteiger partial charge in [-0.05, 0) is 49.6 Å². The molecule has 0 saturated carbocycles. The maximum atomic E-state index is 13.2. The molecule has 4 nitrogen and oxygen atoms in total. The number of halogens is 3. The predicted molar refractivity (Wildman–Crippen MR) is 126 cm³/mol. The van der Waals surface area contributed by atoms with Crippen molar-refractivity contribution < 1.29 is 8.42 Å². The van der Waals surface area contributed by atoms with Crippen molar-refractivity contribution in [2.75, 3.05) is 18.0 Å². The number of rotatable bonds is 4. The minimum atomic E-state index is -3.53. The quantitative estimate of drug-likeness (QED) is 0.408. The molecular formula is C21H19Cl3N2O2S2. The van der Waals surface area contributed by atoms with E-state index >= 15 is 0 Å². The molecule has 4 rings (SSSR count). The van der Waals surface area contributed by atoms with Gasteiger partial charge in [0.2, 0.25) is 0 Å². The summed E-state index contributed by atoms with van der Waals surface area (Å²) in [6.45, 7) is 3.03. The first kappa shape index (κ1) is 21.9. The zero-order valence-electron chi connectivity index (χ0n) is 16.1. The fourth-order valence-electron chi connectivity index (χ4n) is 3.55. The van der Waals surface area contributed by atoms with Crippen LogP contribution in [0.4, 0.5) is 5.13 Å². The summed E-state index contributed by atoms with van der Waals surface area (Å²) in [4.78, 5) is 7.04. The zero-order valence-corrected chi connectivity index (χ0v) is 20.0. The lowest BCUT2D eigenvalue weighted by Crippen LogP contribution is -2.39. The molecule has 1 saturated heterocycles. The van der Waals surface area contributed by atoms with Gasteiger partial charge in [0.05, 0.1) is 20.9 Å². The molecule has 0 unspecified atom stereocenters. The van der Waals surface area contributed by atoms with Crippen molar-refractivity contribution in [2.24, 2.45) is 0 Å². The Morgan fingerprint density at radius 2 is 1.70 bits per heavy atom. The van der Waals surface area contributed by atoms with Crippen LogP contribution in [-0.4, -0.2) is 31.7 Å². The fourth-order valence-corrected chi connectivity index (χ4v) is 7.13. The minimum Gasteiger partial charge on any atom is -0.348 e. The van der Waals surface area contributed by atoms with Crippen LogP contribution in [0, 0.1) is 6.92 Å². The number of hydrogen-bond donors (Lipinski definition) is 0. The lowest BCUT2D eigenvalue weighted by molar-refractivity contribution is 0.529. The summed E-state index contributed by atoms with van der Waals surface area (Å²) in [6.07, 6.45) is 1.05. The maximum Gasteiger partial charge on any atom is 0.185 e. The van der Waals surface area contributed by atoms with E-state index in [9.17, 15) is 8.42 Å². The van der Waals surface area contributed by atoms with Crippen molar-refractivity contribution in [1.82, 2.24) is 4.98 Å². The first-order chi connectivity index (χ1) is 14.3. The Labute approximate surface area is 195 Å². The van der Waals surface area contributed by atoms with Gasteiger partial charge in [0.1, 0.15) is 0 Å². The highest BCUT2D eigenvalue weighted by Crippen LogP contribution is 2.35. The summed E-state index contributed by atoms with van der Waals surface area (Å²) in [7, 11) is -3.53. The van der Waals surface area contributed by atoms with E-state index in [0.717, 1.165) is 16.4 Å². The van der Waals surface area contributed by atoms with Crippen LogP contribution in [0.2, 0.25) is 15.1 Å². The van der Waals surface area contributed by atoms with E-state index in [2.05, 4.69) is 4.90 Å². The number of thiazole rings is 1. The predicted octanol–water partition coefficient (Wildman–Crippen LogP) is 6.52. The number of benzene rings is 2. The largest absolute Gasteiger partial charge is 0.348 e. The number of hydrogen-bond acceptors (Lipinski definition) is 5. The summed E-state index contributed by atoms with van der Waals surface area (Å²) in [5.41, 5.74) is 2.60. The summed E-state index contributed by atoms with van der Waals surface area (Å²) in [6, 6.07) is 10.7. The molecule has 0 spiro atoms. The molecule has 1 aliphatic rings.